The third kappa shape index (κ3) is 4.84. The molecule has 4 rings (SSSR count). The molecule has 6 heteroatoms. The van der Waals surface area contributed by atoms with Gasteiger partial charge in [0.25, 0.3) is 5.91 Å². The van der Waals surface area contributed by atoms with Crippen molar-refractivity contribution in [2.45, 2.75) is 25.8 Å². The molecule has 0 saturated heterocycles. The van der Waals surface area contributed by atoms with E-state index >= 15 is 0 Å². The Bertz CT molecular complexity index is 1280. The highest BCUT2D eigenvalue weighted by molar-refractivity contribution is 6.30. The van der Waals surface area contributed by atoms with Crippen LogP contribution in [0.2, 0.25) is 5.02 Å². The minimum atomic E-state index is -0.736. The molecule has 4 aromatic rings. The van der Waals surface area contributed by atoms with Gasteiger partial charge in [0.15, 0.2) is 5.78 Å². The van der Waals surface area contributed by atoms with Gasteiger partial charge >= 0.3 is 0 Å². The molecule has 32 heavy (non-hydrogen) atoms. The number of H-pyrrole nitrogens is 1. The molecule has 0 aliphatic carbocycles. The smallest absolute Gasteiger partial charge is 0.252 e. The predicted molar refractivity (Wildman–Crippen MR) is 126 cm³/mol. The Balaban J connectivity index is 1.61. The Hall–Kier alpha value is -3.57. The molecule has 1 aromatic heterocycles. The first kappa shape index (κ1) is 21.7. The number of aryl methyl sites for hydroxylation is 1. The number of hydrogen-bond acceptors (Lipinski definition) is 3. The van der Waals surface area contributed by atoms with Crippen LogP contribution in [0, 0.1) is 6.92 Å². The third-order valence-corrected chi connectivity index (χ3v) is 5.82. The van der Waals surface area contributed by atoms with E-state index in [-0.39, 0.29) is 23.9 Å². The van der Waals surface area contributed by atoms with Crippen LogP contribution in [0.25, 0.3) is 10.9 Å². The normalized spacial score (nSPS) is 11.9. The van der Waals surface area contributed by atoms with Gasteiger partial charge in [0.05, 0.1) is 6.04 Å². The van der Waals surface area contributed by atoms with Crippen molar-refractivity contribution in [2.75, 3.05) is 0 Å². The lowest BCUT2D eigenvalue weighted by Crippen LogP contribution is -2.43. The van der Waals surface area contributed by atoms with Gasteiger partial charge in [-0.25, -0.2) is 0 Å². The topological polar surface area (TPSA) is 82.2 Å². The minimum Gasteiger partial charge on any atom is -0.508 e. The summed E-state index contributed by atoms with van der Waals surface area (Å²) in [5.41, 5.74) is 4.00. The van der Waals surface area contributed by atoms with E-state index < -0.39 is 6.04 Å². The number of halogens is 1. The van der Waals surface area contributed by atoms with Gasteiger partial charge in [-0.1, -0.05) is 35.9 Å². The maximum atomic E-state index is 13.3. The van der Waals surface area contributed by atoms with Crippen molar-refractivity contribution in [1.29, 1.82) is 0 Å². The first-order valence-corrected chi connectivity index (χ1v) is 10.7. The number of nitrogens with one attached hydrogen (secondary N) is 2. The lowest BCUT2D eigenvalue weighted by atomic mass is 9.95. The van der Waals surface area contributed by atoms with Crippen LogP contribution in [0.1, 0.15) is 27.0 Å². The summed E-state index contributed by atoms with van der Waals surface area (Å²) in [6.07, 6.45) is 2.25. The van der Waals surface area contributed by atoms with Crippen LogP contribution in [-0.4, -0.2) is 27.8 Å². The van der Waals surface area contributed by atoms with Crippen molar-refractivity contribution in [3.05, 3.63) is 100 Å². The average Bonchev–Trinajstić information content (AvgIpc) is 3.26. The first-order valence-electron chi connectivity index (χ1n) is 10.3. The molecular weight excluding hydrogens is 424 g/mol. The van der Waals surface area contributed by atoms with Crippen LogP contribution < -0.4 is 5.32 Å². The summed E-state index contributed by atoms with van der Waals surface area (Å²) in [6, 6.07) is 18.6. The summed E-state index contributed by atoms with van der Waals surface area (Å²) < 4.78 is 0. The van der Waals surface area contributed by atoms with Gasteiger partial charge < -0.3 is 15.4 Å². The van der Waals surface area contributed by atoms with Gasteiger partial charge in [0, 0.05) is 34.1 Å². The fraction of sp³-hybridized carbons (Fsp3) is 0.154. The number of carbonyl (C=O) groups excluding carboxylic acids is 2. The zero-order valence-corrected chi connectivity index (χ0v) is 18.3. The van der Waals surface area contributed by atoms with Crippen molar-refractivity contribution in [3.63, 3.8) is 0 Å². The van der Waals surface area contributed by atoms with Gasteiger partial charge in [-0.3, -0.25) is 9.59 Å². The Morgan fingerprint density at radius 1 is 1.06 bits per heavy atom. The quantitative estimate of drug-likeness (QED) is 0.374. The van der Waals surface area contributed by atoms with Crippen molar-refractivity contribution in [3.8, 4) is 5.75 Å². The molecule has 1 amide bonds. The number of aromatic amines is 1. The summed E-state index contributed by atoms with van der Waals surface area (Å²) >= 11 is 6.13. The Kier molecular flexibility index (Phi) is 6.28. The van der Waals surface area contributed by atoms with E-state index in [2.05, 4.69) is 10.3 Å². The number of aromatic hydroxyl groups is 1. The molecule has 0 saturated carbocycles. The van der Waals surface area contributed by atoms with Gasteiger partial charge in [0.1, 0.15) is 5.75 Å². The highest BCUT2D eigenvalue weighted by Crippen LogP contribution is 2.20. The van der Waals surface area contributed by atoms with Gasteiger partial charge in [-0.15, -0.1) is 0 Å². The number of benzene rings is 3. The molecule has 0 radical (unpaired) electrons. The Labute approximate surface area is 191 Å². The number of carbonyl (C=O) groups is 2. The first-order chi connectivity index (χ1) is 15.4. The van der Waals surface area contributed by atoms with Crippen molar-refractivity contribution in [2.24, 2.45) is 0 Å². The largest absolute Gasteiger partial charge is 0.508 e. The Morgan fingerprint density at radius 2 is 1.84 bits per heavy atom. The molecule has 0 spiro atoms. The fourth-order valence-electron chi connectivity index (χ4n) is 3.77. The monoisotopic (exact) mass is 446 g/mol. The van der Waals surface area contributed by atoms with Crippen LogP contribution in [0.4, 0.5) is 0 Å². The van der Waals surface area contributed by atoms with E-state index in [1.807, 2.05) is 25.1 Å². The summed E-state index contributed by atoms with van der Waals surface area (Å²) in [5, 5.41) is 13.9. The molecule has 162 valence electrons. The number of Topliss-reactive ketones (excluding diaryl/α,β-unsaturated/α-hetero) is 1. The number of aromatic nitrogens is 1. The molecule has 0 bridgehead atoms. The third-order valence-electron chi connectivity index (χ3n) is 5.59. The molecule has 3 aromatic carbocycles. The van der Waals surface area contributed by atoms with Crippen molar-refractivity contribution >= 4 is 34.2 Å². The summed E-state index contributed by atoms with van der Waals surface area (Å²) in [6.45, 7) is 1.93. The van der Waals surface area contributed by atoms with E-state index in [4.69, 9.17) is 11.6 Å². The van der Waals surface area contributed by atoms with Crippen LogP contribution in [-0.2, 0) is 17.6 Å². The van der Waals surface area contributed by atoms with Gasteiger partial charge in [0.2, 0.25) is 0 Å². The summed E-state index contributed by atoms with van der Waals surface area (Å²) in [5.74, 6) is -0.275. The van der Waals surface area contributed by atoms with E-state index in [0.29, 0.717) is 17.0 Å². The number of hydrogen-bond donors (Lipinski definition) is 3. The number of ketones is 1. The number of phenolic OH excluding ortho intramolecular Hbond substituents is 1. The number of phenols is 1. The van der Waals surface area contributed by atoms with Crippen LogP contribution >= 0.6 is 11.6 Å². The molecule has 1 heterocycles. The fourth-order valence-corrected chi connectivity index (χ4v) is 3.97. The van der Waals surface area contributed by atoms with Crippen LogP contribution in [0.5, 0.6) is 5.75 Å². The van der Waals surface area contributed by atoms with E-state index in [9.17, 15) is 14.7 Å². The maximum Gasteiger partial charge on any atom is 0.252 e. The number of rotatable bonds is 7. The molecule has 1 unspecified atom stereocenters. The molecule has 0 aliphatic heterocycles. The zero-order valence-electron chi connectivity index (χ0n) is 17.6. The van der Waals surface area contributed by atoms with E-state index in [1.165, 1.54) is 0 Å². The predicted octanol–water partition coefficient (Wildman–Crippen LogP) is 4.99. The lowest BCUT2D eigenvalue weighted by molar-refractivity contribution is -0.120. The second kappa shape index (κ2) is 9.28. The molecule has 5 nitrogen and oxygen atoms in total. The molecule has 3 N–H and O–H groups in total. The molecule has 1 atom stereocenters. The van der Waals surface area contributed by atoms with E-state index in [1.54, 1.807) is 54.7 Å². The number of amides is 1. The van der Waals surface area contributed by atoms with Crippen LogP contribution in [0.3, 0.4) is 0 Å². The highest BCUT2D eigenvalue weighted by atomic mass is 35.5. The number of fused-ring (bicyclic) bond motifs is 1. The van der Waals surface area contributed by atoms with Crippen LogP contribution in [0.15, 0.2) is 72.9 Å². The summed E-state index contributed by atoms with van der Waals surface area (Å²) in [4.78, 5) is 29.6. The molecule has 0 fully saturated rings. The second-order valence-electron chi connectivity index (χ2n) is 7.85. The van der Waals surface area contributed by atoms with Gasteiger partial charge in [-0.2, -0.15) is 0 Å². The summed E-state index contributed by atoms with van der Waals surface area (Å²) in [7, 11) is 0. The lowest BCUT2D eigenvalue weighted by Gasteiger charge is -2.19. The second-order valence-corrected chi connectivity index (χ2v) is 8.29. The molecular formula is C26H23ClN2O3. The van der Waals surface area contributed by atoms with Gasteiger partial charge in [-0.05, 0) is 72.5 Å². The van der Waals surface area contributed by atoms with Crippen molar-refractivity contribution in [1.82, 2.24) is 10.3 Å². The standard InChI is InChI=1S/C26H23ClN2O3/c1-16-5-8-19(27)14-18(16)15-25(31)24(13-17-6-9-20(30)10-7-17)29-26(32)22-3-2-4-23-21(22)11-12-28-23/h2-12,14,24,28,30H,13,15H2,1H3,(H,29,32). The minimum absolute atomic E-state index is 0.113. The highest BCUT2D eigenvalue weighted by Gasteiger charge is 2.23. The van der Waals surface area contributed by atoms with E-state index in [0.717, 1.165) is 27.6 Å². The van der Waals surface area contributed by atoms with Crippen molar-refractivity contribution < 1.29 is 14.7 Å². The SMILES string of the molecule is Cc1ccc(Cl)cc1CC(=O)C(Cc1ccc(O)cc1)NC(=O)c1cccc2[nH]ccc12. The Morgan fingerprint density at radius 3 is 2.62 bits per heavy atom. The zero-order chi connectivity index (χ0) is 22.7. The maximum absolute atomic E-state index is 13.3. The molecule has 0 aliphatic rings. The average molecular weight is 447 g/mol.